The first-order valence-electron chi connectivity index (χ1n) is 2.93. The van der Waals surface area contributed by atoms with Crippen molar-refractivity contribution in [2.45, 2.75) is 13.1 Å². The van der Waals surface area contributed by atoms with E-state index in [1.54, 1.807) is 0 Å². The van der Waals surface area contributed by atoms with Gasteiger partial charge in [-0.25, -0.2) is 0 Å². The van der Waals surface area contributed by atoms with Crippen LogP contribution in [0.1, 0.15) is 11.1 Å². The summed E-state index contributed by atoms with van der Waals surface area (Å²) in [7, 11) is 0.799. The molecule has 50 valence electrons. The summed E-state index contributed by atoms with van der Waals surface area (Å²) in [5.41, 5.74) is 13.3. The summed E-state index contributed by atoms with van der Waals surface area (Å²) in [4.78, 5) is 0. The topological polar surface area (TPSA) is 52.0 Å². The van der Waals surface area contributed by atoms with E-state index in [0.29, 0.717) is 13.1 Å². The second-order valence-electron chi connectivity index (χ2n) is 1.91. The Hall–Kier alpha value is -0.300. The van der Waals surface area contributed by atoms with E-state index in [4.69, 9.17) is 11.5 Å². The Labute approximate surface area is 56.3 Å². The van der Waals surface area contributed by atoms with Crippen molar-refractivity contribution in [2.75, 3.05) is 0 Å². The molecule has 0 atom stereocenters. The second-order valence-corrected chi connectivity index (χ2v) is 2.82. The second kappa shape index (κ2) is 3.02. The minimum atomic E-state index is 0.635. The summed E-state index contributed by atoms with van der Waals surface area (Å²) < 4.78 is 0. The quantitative estimate of drug-likeness (QED) is 0.636. The largest absolute Gasteiger partial charge is 0.326 e. The highest BCUT2D eigenvalue weighted by Crippen LogP contribution is 2.17. The summed E-state index contributed by atoms with van der Waals surface area (Å²) >= 11 is 0. The summed E-state index contributed by atoms with van der Waals surface area (Å²) in [5, 5.41) is 0. The Morgan fingerprint density at radius 3 is 1.89 bits per heavy atom. The van der Waals surface area contributed by atoms with Crippen molar-refractivity contribution in [3.05, 3.63) is 22.7 Å². The summed E-state index contributed by atoms with van der Waals surface area (Å²) in [6.45, 7) is 1.27. The van der Waals surface area contributed by atoms with Gasteiger partial charge < -0.3 is 11.5 Å². The minimum absolute atomic E-state index is 0.635. The molecule has 0 spiro atoms. The molecule has 0 bridgehead atoms. The molecule has 3 heteroatoms. The highest BCUT2D eigenvalue weighted by Gasteiger charge is 1.96. The molecule has 0 saturated heterocycles. The number of nitrogens with two attached hydrogens (primary N) is 2. The van der Waals surface area contributed by atoms with Gasteiger partial charge in [0.1, 0.15) is 0 Å². The summed E-state index contributed by atoms with van der Waals surface area (Å²) in [5.74, 6) is 4.31. The van der Waals surface area contributed by atoms with E-state index in [1.807, 2.05) is 0 Å². The van der Waals surface area contributed by atoms with Gasteiger partial charge in [0.25, 0.3) is 0 Å². The van der Waals surface area contributed by atoms with Crippen LogP contribution in [0.25, 0.3) is 0 Å². The zero-order valence-electron chi connectivity index (χ0n) is 5.22. The zero-order valence-corrected chi connectivity index (χ0v) is 6.22. The Balaban J connectivity index is 2.85. The molecular weight excluding hydrogens is 131 g/mol. The number of hydrogen-bond acceptors (Lipinski definition) is 2. The van der Waals surface area contributed by atoms with Gasteiger partial charge in [0.05, 0.1) is 0 Å². The molecule has 0 amide bonds. The lowest BCUT2D eigenvalue weighted by atomic mass is 10.2. The molecule has 0 radical (unpaired) electrons. The standard InChI is InChI=1S/C6H11N2P/c7-1-5-3-9-4-6(5)2-8/h3-4,9H,1-2,7-8H2. The van der Waals surface area contributed by atoms with Gasteiger partial charge in [0, 0.05) is 13.1 Å². The Morgan fingerprint density at radius 2 is 1.56 bits per heavy atom. The molecule has 1 aromatic heterocycles. The molecule has 0 saturated carbocycles. The zero-order chi connectivity index (χ0) is 6.69. The summed E-state index contributed by atoms with van der Waals surface area (Å²) in [6.07, 6.45) is 0. The first-order valence-corrected chi connectivity index (χ1v) is 4.08. The molecule has 4 N–H and O–H groups in total. The molecule has 0 aliphatic carbocycles. The molecule has 2 nitrogen and oxygen atoms in total. The maximum Gasteiger partial charge on any atom is 0.0184 e. The fraction of sp³-hybridized carbons (Fsp3) is 0.333. The van der Waals surface area contributed by atoms with Crippen LogP contribution in [0.4, 0.5) is 0 Å². The van der Waals surface area contributed by atoms with E-state index in [-0.39, 0.29) is 0 Å². The van der Waals surface area contributed by atoms with E-state index in [2.05, 4.69) is 11.6 Å². The van der Waals surface area contributed by atoms with Gasteiger partial charge in [-0.05, 0) is 22.7 Å². The monoisotopic (exact) mass is 142 g/mol. The minimum Gasteiger partial charge on any atom is -0.326 e. The van der Waals surface area contributed by atoms with Crippen LogP contribution in [-0.4, -0.2) is 0 Å². The van der Waals surface area contributed by atoms with Crippen molar-refractivity contribution in [1.82, 2.24) is 0 Å². The molecule has 1 rings (SSSR count). The SMILES string of the molecule is NCc1c[pH]cc1CN. The third-order valence-corrected chi connectivity index (χ3v) is 2.40. The maximum atomic E-state index is 5.44. The Morgan fingerprint density at radius 1 is 1.11 bits per heavy atom. The van der Waals surface area contributed by atoms with E-state index in [9.17, 15) is 0 Å². The molecule has 0 aromatic carbocycles. The van der Waals surface area contributed by atoms with Crippen LogP contribution >= 0.6 is 8.19 Å². The van der Waals surface area contributed by atoms with Crippen molar-refractivity contribution in [3.63, 3.8) is 0 Å². The van der Waals surface area contributed by atoms with Crippen molar-refractivity contribution in [1.29, 1.82) is 0 Å². The molecule has 9 heavy (non-hydrogen) atoms. The lowest BCUT2D eigenvalue weighted by Crippen LogP contribution is -2.02. The first kappa shape index (κ1) is 6.81. The van der Waals surface area contributed by atoms with Crippen molar-refractivity contribution < 1.29 is 0 Å². The van der Waals surface area contributed by atoms with Crippen molar-refractivity contribution in [3.8, 4) is 0 Å². The van der Waals surface area contributed by atoms with Crippen LogP contribution in [0.3, 0.4) is 0 Å². The molecular formula is C6H11N2P. The lowest BCUT2D eigenvalue weighted by Gasteiger charge is -1.94. The normalized spacial score (nSPS) is 10.0. The van der Waals surface area contributed by atoms with Gasteiger partial charge in [-0.1, -0.05) is 0 Å². The van der Waals surface area contributed by atoms with Crippen LogP contribution in [0.5, 0.6) is 0 Å². The van der Waals surface area contributed by atoms with E-state index in [0.717, 1.165) is 8.19 Å². The molecule has 0 unspecified atom stereocenters. The van der Waals surface area contributed by atoms with Crippen LogP contribution in [0.15, 0.2) is 11.6 Å². The number of hydrogen-bond donors (Lipinski definition) is 2. The molecule has 1 heterocycles. The van der Waals surface area contributed by atoms with E-state index >= 15 is 0 Å². The van der Waals surface area contributed by atoms with E-state index < -0.39 is 0 Å². The molecule has 0 aliphatic rings. The third kappa shape index (κ3) is 1.33. The van der Waals surface area contributed by atoms with E-state index in [1.165, 1.54) is 11.1 Å². The van der Waals surface area contributed by atoms with Gasteiger partial charge in [-0.3, -0.25) is 0 Å². The highest BCUT2D eigenvalue weighted by atomic mass is 31.0. The molecule has 1 aromatic rings. The Kier molecular flexibility index (Phi) is 2.29. The van der Waals surface area contributed by atoms with Crippen molar-refractivity contribution in [2.24, 2.45) is 11.5 Å². The molecule has 0 aliphatic heterocycles. The average Bonchev–Trinajstić information content (AvgIpc) is 2.33. The molecule has 0 fully saturated rings. The van der Waals surface area contributed by atoms with Gasteiger partial charge >= 0.3 is 0 Å². The average molecular weight is 142 g/mol. The van der Waals surface area contributed by atoms with Gasteiger partial charge in [-0.2, -0.15) is 0 Å². The fourth-order valence-corrected chi connectivity index (χ4v) is 1.90. The van der Waals surface area contributed by atoms with Crippen LogP contribution in [0.2, 0.25) is 0 Å². The van der Waals surface area contributed by atoms with Crippen LogP contribution in [-0.2, 0) is 13.1 Å². The van der Waals surface area contributed by atoms with Gasteiger partial charge in [-0.15, -0.1) is 8.19 Å². The Bertz CT molecular complexity index is 164. The third-order valence-electron chi connectivity index (χ3n) is 1.37. The maximum absolute atomic E-state index is 5.44. The van der Waals surface area contributed by atoms with Crippen LogP contribution < -0.4 is 11.5 Å². The first-order chi connectivity index (χ1) is 4.38. The fourth-order valence-electron chi connectivity index (χ4n) is 0.808. The lowest BCUT2D eigenvalue weighted by molar-refractivity contribution is 0.994. The van der Waals surface area contributed by atoms with Crippen LogP contribution in [0, 0.1) is 0 Å². The predicted octanol–water partition coefficient (Wildman–Crippen LogP) is 0.635. The number of rotatable bonds is 2. The smallest absolute Gasteiger partial charge is 0.0184 e. The summed E-state index contributed by atoms with van der Waals surface area (Å²) in [6, 6.07) is 0. The van der Waals surface area contributed by atoms with Gasteiger partial charge in [0.2, 0.25) is 0 Å². The highest BCUT2D eigenvalue weighted by molar-refractivity contribution is 7.28. The van der Waals surface area contributed by atoms with Crippen molar-refractivity contribution >= 4 is 8.19 Å². The van der Waals surface area contributed by atoms with Gasteiger partial charge in [0.15, 0.2) is 0 Å². The predicted molar refractivity (Wildman–Crippen MR) is 41.7 cm³/mol.